The van der Waals surface area contributed by atoms with E-state index in [-0.39, 0.29) is 35.2 Å². The van der Waals surface area contributed by atoms with E-state index in [0.29, 0.717) is 5.75 Å². The molecule has 6 nitrogen and oxygen atoms in total. The molecule has 1 saturated carbocycles. The molecule has 6 heteroatoms. The third-order valence-corrected chi connectivity index (χ3v) is 5.28. The lowest BCUT2D eigenvalue weighted by Crippen LogP contribution is -2.29. The number of ketones is 1. The van der Waals surface area contributed by atoms with E-state index in [1.165, 1.54) is 11.5 Å². The van der Waals surface area contributed by atoms with Gasteiger partial charge in [0.05, 0.1) is 5.56 Å². The van der Waals surface area contributed by atoms with Crippen molar-refractivity contribution in [3.05, 3.63) is 56.4 Å². The zero-order valence-electron chi connectivity index (χ0n) is 16.4. The molecule has 0 atom stereocenters. The number of pyridine rings is 1. The summed E-state index contributed by atoms with van der Waals surface area (Å²) < 4.78 is 6.86. The number of carbonyl (C=O) groups excluding carboxylic acids is 1. The first-order chi connectivity index (χ1) is 13.3. The average Bonchev–Trinajstić information content (AvgIpc) is 3.13. The highest BCUT2D eigenvalue weighted by molar-refractivity contribution is 6.01. The van der Waals surface area contributed by atoms with Gasteiger partial charge in [-0.05, 0) is 62.4 Å². The summed E-state index contributed by atoms with van der Waals surface area (Å²) >= 11 is 0. The van der Waals surface area contributed by atoms with Crippen molar-refractivity contribution >= 4 is 5.78 Å². The highest BCUT2D eigenvalue weighted by Gasteiger charge is 2.29. The molecule has 2 aromatic rings. The van der Waals surface area contributed by atoms with Gasteiger partial charge in [0.25, 0.3) is 5.56 Å². The van der Waals surface area contributed by atoms with E-state index >= 15 is 0 Å². The van der Waals surface area contributed by atoms with Crippen molar-refractivity contribution in [2.75, 3.05) is 6.61 Å². The number of rotatable bonds is 5. The smallest absolute Gasteiger partial charge is 0.271 e. The van der Waals surface area contributed by atoms with E-state index in [4.69, 9.17) is 4.74 Å². The Labute approximate surface area is 164 Å². The Morgan fingerprint density at radius 2 is 1.82 bits per heavy atom. The molecular weight excluding hydrogens is 356 g/mol. The molecule has 0 aliphatic heterocycles. The standard InChI is InChI=1S/C22H24N2O4/c1-13-8-14(2)10-17(9-13)28-12-19(25)20-15(3)18(11-23)21(26)24(22(20)27)16-6-4-5-7-16/h8-10,16,27H,4-7,12H2,1-3H3. The first-order valence-electron chi connectivity index (χ1n) is 9.46. The van der Waals surface area contributed by atoms with Crippen LogP contribution in [0, 0.1) is 32.1 Å². The van der Waals surface area contributed by atoms with Crippen LogP contribution in [0.5, 0.6) is 11.6 Å². The lowest BCUT2D eigenvalue weighted by atomic mass is 10.0. The van der Waals surface area contributed by atoms with Crippen LogP contribution in [0.25, 0.3) is 0 Å². The van der Waals surface area contributed by atoms with Gasteiger partial charge in [0, 0.05) is 6.04 Å². The average molecular weight is 380 g/mol. The van der Waals surface area contributed by atoms with E-state index in [0.717, 1.165) is 36.8 Å². The predicted molar refractivity (Wildman–Crippen MR) is 105 cm³/mol. The van der Waals surface area contributed by atoms with Gasteiger partial charge in [-0.15, -0.1) is 0 Å². The maximum absolute atomic E-state index is 12.9. The SMILES string of the molecule is Cc1cc(C)cc(OCC(=O)c2c(C)c(C#N)c(=O)n(C3CCCC3)c2O)c1. The largest absolute Gasteiger partial charge is 0.494 e. The van der Waals surface area contributed by atoms with Gasteiger partial charge in [-0.1, -0.05) is 18.9 Å². The molecular formula is C22H24N2O4. The Kier molecular flexibility index (Phi) is 5.55. The number of Topliss-reactive ketones (excluding diaryl/α,β-unsaturated/α-hetero) is 1. The van der Waals surface area contributed by atoms with Crippen LogP contribution in [0.15, 0.2) is 23.0 Å². The minimum absolute atomic E-state index is 0.00701. The number of nitriles is 1. The first-order valence-corrected chi connectivity index (χ1v) is 9.46. The lowest BCUT2D eigenvalue weighted by Gasteiger charge is -2.20. The van der Waals surface area contributed by atoms with Crippen molar-refractivity contribution < 1.29 is 14.6 Å². The van der Waals surface area contributed by atoms with E-state index in [2.05, 4.69) is 0 Å². The molecule has 0 bridgehead atoms. The third kappa shape index (κ3) is 3.65. The van der Waals surface area contributed by atoms with Crippen LogP contribution in [0.2, 0.25) is 0 Å². The number of benzene rings is 1. The van der Waals surface area contributed by atoms with Crippen LogP contribution in [-0.2, 0) is 0 Å². The van der Waals surface area contributed by atoms with Gasteiger partial charge in [-0.2, -0.15) is 5.26 Å². The van der Waals surface area contributed by atoms with Crippen molar-refractivity contribution in [1.82, 2.24) is 4.57 Å². The van der Waals surface area contributed by atoms with Gasteiger partial charge in [0.2, 0.25) is 11.7 Å². The number of aromatic hydroxyl groups is 1. The topological polar surface area (TPSA) is 92.3 Å². The summed E-state index contributed by atoms with van der Waals surface area (Å²) in [6, 6.07) is 7.37. The molecule has 1 fully saturated rings. The molecule has 3 rings (SSSR count). The second-order valence-electron chi connectivity index (χ2n) is 7.46. The number of aryl methyl sites for hydroxylation is 2. The maximum atomic E-state index is 12.9. The van der Waals surface area contributed by atoms with Crippen molar-refractivity contribution in [2.24, 2.45) is 0 Å². The Morgan fingerprint density at radius 1 is 1.21 bits per heavy atom. The summed E-state index contributed by atoms with van der Waals surface area (Å²) in [5.41, 5.74) is 1.60. The van der Waals surface area contributed by atoms with Crippen LogP contribution in [-0.4, -0.2) is 22.1 Å². The Hall–Kier alpha value is -3.07. The summed E-state index contributed by atoms with van der Waals surface area (Å²) in [5, 5.41) is 20.2. The molecule has 1 N–H and O–H groups in total. The molecule has 0 saturated heterocycles. The van der Waals surface area contributed by atoms with E-state index in [1.807, 2.05) is 38.1 Å². The fourth-order valence-electron chi connectivity index (χ4n) is 3.99. The van der Waals surface area contributed by atoms with Crippen molar-refractivity contribution in [2.45, 2.75) is 52.5 Å². The second kappa shape index (κ2) is 7.89. The van der Waals surface area contributed by atoms with E-state index in [1.54, 1.807) is 0 Å². The molecule has 1 aliphatic rings. The molecule has 146 valence electrons. The van der Waals surface area contributed by atoms with Crippen LogP contribution >= 0.6 is 0 Å². The van der Waals surface area contributed by atoms with Gasteiger partial charge < -0.3 is 9.84 Å². The molecule has 1 aromatic heterocycles. The molecule has 28 heavy (non-hydrogen) atoms. The fraction of sp³-hybridized carbons (Fsp3) is 0.409. The van der Waals surface area contributed by atoms with Gasteiger partial charge in [0.1, 0.15) is 17.4 Å². The quantitative estimate of drug-likeness (QED) is 0.798. The predicted octanol–water partition coefficient (Wildman–Crippen LogP) is 3.73. The number of nitrogens with zero attached hydrogens (tertiary/aromatic N) is 2. The summed E-state index contributed by atoms with van der Waals surface area (Å²) in [5.74, 6) is -0.257. The summed E-state index contributed by atoms with van der Waals surface area (Å²) in [7, 11) is 0. The molecule has 0 amide bonds. The monoisotopic (exact) mass is 380 g/mol. The number of ether oxygens (including phenoxy) is 1. The van der Waals surface area contributed by atoms with Crippen LogP contribution in [0.4, 0.5) is 0 Å². The normalized spacial score (nSPS) is 14.1. The number of hydrogen-bond acceptors (Lipinski definition) is 5. The maximum Gasteiger partial charge on any atom is 0.271 e. The second-order valence-corrected chi connectivity index (χ2v) is 7.46. The highest BCUT2D eigenvalue weighted by atomic mass is 16.5. The highest BCUT2D eigenvalue weighted by Crippen LogP contribution is 2.34. The fourth-order valence-corrected chi connectivity index (χ4v) is 3.99. The zero-order chi connectivity index (χ0) is 20.4. The van der Waals surface area contributed by atoms with Gasteiger partial charge in [-0.25, -0.2) is 0 Å². The van der Waals surface area contributed by atoms with Crippen molar-refractivity contribution in [3.8, 4) is 17.7 Å². The summed E-state index contributed by atoms with van der Waals surface area (Å²) in [6.45, 7) is 5.11. The number of hydrogen-bond donors (Lipinski definition) is 1. The molecule has 0 spiro atoms. The van der Waals surface area contributed by atoms with Gasteiger partial charge >= 0.3 is 0 Å². The first kappa shape index (κ1) is 19.7. The Bertz CT molecular complexity index is 1000. The molecule has 1 aliphatic carbocycles. The zero-order valence-corrected chi connectivity index (χ0v) is 16.4. The van der Waals surface area contributed by atoms with Crippen LogP contribution in [0.1, 0.15) is 64.3 Å². The molecule has 0 radical (unpaired) electrons. The number of carbonyl (C=O) groups is 1. The van der Waals surface area contributed by atoms with E-state index in [9.17, 15) is 20.0 Å². The minimum atomic E-state index is -0.531. The number of aromatic nitrogens is 1. The Balaban J connectivity index is 1.98. The minimum Gasteiger partial charge on any atom is -0.494 e. The Morgan fingerprint density at radius 3 is 2.39 bits per heavy atom. The van der Waals surface area contributed by atoms with Gasteiger partial charge in [-0.3, -0.25) is 14.2 Å². The molecule has 0 unspecified atom stereocenters. The summed E-state index contributed by atoms with van der Waals surface area (Å²) in [6.07, 6.45) is 3.39. The van der Waals surface area contributed by atoms with Crippen molar-refractivity contribution in [3.63, 3.8) is 0 Å². The third-order valence-electron chi connectivity index (χ3n) is 5.28. The van der Waals surface area contributed by atoms with Gasteiger partial charge in [0.15, 0.2) is 6.61 Å². The van der Waals surface area contributed by atoms with E-state index < -0.39 is 11.3 Å². The molecule has 1 aromatic carbocycles. The summed E-state index contributed by atoms with van der Waals surface area (Å²) in [4.78, 5) is 25.6. The van der Waals surface area contributed by atoms with Crippen LogP contribution in [0.3, 0.4) is 0 Å². The molecule has 1 heterocycles. The lowest BCUT2D eigenvalue weighted by molar-refractivity contribution is 0.0915. The van der Waals surface area contributed by atoms with Crippen LogP contribution < -0.4 is 10.3 Å². The van der Waals surface area contributed by atoms with Crippen molar-refractivity contribution in [1.29, 1.82) is 5.26 Å².